The van der Waals surface area contributed by atoms with Crippen LogP contribution in [0.3, 0.4) is 0 Å². The summed E-state index contributed by atoms with van der Waals surface area (Å²) in [4.78, 5) is 21.8. The van der Waals surface area contributed by atoms with Gasteiger partial charge in [0.05, 0.1) is 5.56 Å². The standard InChI is InChI=1S/C11H12N2O3/c1-7(2)12-11(16)13-9-5-3-8(4-6-9)10(14)15/h3-6H,1H2,2H3,(H,14,15)(H2,12,13,16). The lowest BCUT2D eigenvalue weighted by Gasteiger charge is -2.06. The van der Waals surface area contributed by atoms with Crippen molar-refractivity contribution in [2.24, 2.45) is 0 Å². The van der Waals surface area contributed by atoms with Crippen molar-refractivity contribution >= 4 is 17.7 Å². The fourth-order valence-corrected chi connectivity index (χ4v) is 1.05. The molecule has 3 N–H and O–H groups in total. The van der Waals surface area contributed by atoms with Gasteiger partial charge in [0, 0.05) is 11.4 Å². The van der Waals surface area contributed by atoms with Crippen molar-refractivity contribution in [1.82, 2.24) is 5.32 Å². The molecule has 0 saturated carbocycles. The molecule has 0 atom stereocenters. The van der Waals surface area contributed by atoms with Gasteiger partial charge >= 0.3 is 12.0 Å². The molecule has 84 valence electrons. The molecule has 1 aromatic carbocycles. The lowest BCUT2D eigenvalue weighted by Crippen LogP contribution is -2.26. The second-order valence-corrected chi connectivity index (χ2v) is 3.24. The summed E-state index contributed by atoms with van der Waals surface area (Å²) in [5.41, 5.74) is 1.22. The maximum atomic E-state index is 11.2. The average molecular weight is 220 g/mol. The second kappa shape index (κ2) is 4.97. The average Bonchev–Trinajstić information content (AvgIpc) is 2.16. The molecule has 1 aromatic rings. The van der Waals surface area contributed by atoms with Crippen molar-refractivity contribution in [2.75, 3.05) is 5.32 Å². The summed E-state index contributed by atoms with van der Waals surface area (Å²) in [6.07, 6.45) is 0. The number of benzene rings is 1. The SMILES string of the molecule is C=C(C)NC(=O)Nc1ccc(C(=O)O)cc1. The lowest BCUT2D eigenvalue weighted by molar-refractivity contribution is 0.0697. The van der Waals surface area contributed by atoms with Crippen molar-refractivity contribution in [2.45, 2.75) is 6.92 Å². The van der Waals surface area contributed by atoms with Crippen molar-refractivity contribution in [1.29, 1.82) is 0 Å². The van der Waals surface area contributed by atoms with E-state index in [1.807, 2.05) is 0 Å². The first-order chi connectivity index (χ1) is 7.49. The second-order valence-electron chi connectivity index (χ2n) is 3.24. The molecule has 1 rings (SSSR count). The number of aromatic carboxylic acids is 1. The molecule has 0 aromatic heterocycles. The fraction of sp³-hybridized carbons (Fsp3) is 0.0909. The van der Waals surface area contributed by atoms with Gasteiger partial charge in [-0.1, -0.05) is 6.58 Å². The first-order valence-electron chi connectivity index (χ1n) is 4.56. The predicted molar refractivity (Wildman–Crippen MR) is 60.4 cm³/mol. The molecule has 0 bridgehead atoms. The van der Waals surface area contributed by atoms with E-state index in [1.54, 1.807) is 6.92 Å². The number of allylic oxidation sites excluding steroid dienone is 1. The summed E-state index contributed by atoms with van der Waals surface area (Å²) >= 11 is 0. The van der Waals surface area contributed by atoms with E-state index in [-0.39, 0.29) is 5.56 Å². The van der Waals surface area contributed by atoms with E-state index >= 15 is 0 Å². The van der Waals surface area contributed by atoms with Gasteiger partial charge in [-0.05, 0) is 31.2 Å². The zero-order valence-electron chi connectivity index (χ0n) is 8.78. The minimum Gasteiger partial charge on any atom is -0.478 e. The molecule has 0 spiro atoms. The molecule has 0 heterocycles. The Labute approximate surface area is 92.8 Å². The minimum absolute atomic E-state index is 0.172. The zero-order valence-corrected chi connectivity index (χ0v) is 8.78. The highest BCUT2D eigenvalue weighted by atomic mass is 16.4. The van der Waals surface area contributed by atoms with Crippen LogP contribution in [0.5, 0.6) is 0 Å². The molecule has 5 heteroatoms. The smallest absolute Gasteiger partial charge is 0.335 e. The molecule has 0 radical (unpaired) electrons. The molecule has 0 unspecified atom stereocenters. The van der Waals surface area contributed by atoms with E-state index in [2.05, 4.69) is 17.2 Å². The van der Waals surface area contributed by atoms with E-state index < -0.39 is 12.0 Å². The van der Waals surface area contributed by atoms with E-state index in [4.69, 9.17) is 5.11 Å². The van der Waals surface area contributed by atoms with Crippen LogP contribution >= 0.6 is 0 Å². The van der Waals surface area contributed by atoms with Crippen LogP contribution < -0.4 is 10.6 Å². The van der Waals surface area contributed by atoms with Crippen LogP contribution in [0.1, 0.15) is 17.3 Å². The van der Waals surface area contributed by atoms with Gasteiger partial charge in [-0.2, -0.15) is 0 Å². The molecule has 2 amide bonds. The van der Waals surface area contributed by atoms with Crippen LogP contribution in [-0.4, -0.2) is 17.1 Å². The number of anilines is 1. The highest BCUT2D eigenvalue weighted by Crippen LogP contribution is 2.09. The third-order valence-corrected chi connectivity index (χ3v) is 1.72. The number of carbonyl (C=O) groups excluding carboxylic acids is 1. The number of rotatable bonds is 3. The molecular formula is C11H12N2O3. The maximum absolute atomic E-state index is 11.2. The first kappa shape index (κ1) is 11.8. The van der Waals surface area contributed by atoms with Crippen LogP contribution in [0, 0.1) is 0 Å². The van der Waals surface area contributed by atoms with Gasteiger partial charge in [-0.15, -0.1) is 0 Å². The topological polar surface area (TPSA) is 78.4 Å². The number of hydrogen-bond donors (Lipinski definition) is 3. The molecule has 0 aliphatic rings. The van der Waals surface area contributed by atoms with Crippen molar-refractivity contribution < 1.29 is 14.7 Å². The molecule has 0 aliphatic carbocycles. The number of carbonyl (C=O) groups is 2. The Morgan fingerprint density at radius 1 is 1.25 bits per heavy atom. The molecule has 0 fully saturated rings. The number of carboxylic acid groups (broad SMARTS) is 1. The van der Waals surface area contributed by atoms with Crippen LogP contribution in [0.2, 0.25) is 0 Å². The summed E-state index contributed by atoms with van der Waals surface area (Å²) in [5.74, 6) is -1.00. The molecule has 16 heavy (non-hydrogen) atoms. The summed E-state index contributed by atoms with van der Waals surface area (Å²) in [6, 6.07) is 5.45. The van der Waals surface area contributed by atoms with Gasteiger partial charge in [0.1, 0.15) is 0 Å². The minimum atomic E-state index is -1.00. The van der Waals surface area contributed by atoms with E-state index in [1.165, 1.54) is 24.3 Å². The number of urea groups is 1. The molecule has 5 nitrogen and oxygen atoms in total. The Morgan fingerprint density at radius 3 is 2.25 bits per heavy atom. The molecule has 0 aliphatic heterocycles. The van der Waals surface area contributed by atoms with E-state index in [9.17, 15) is 9.59 Å². The fourth-order valence-electron chi connectivity index (χ4n) is 1.05. The number of nitrogens with one attached hydrogen (secondary N) is 2. The first-order valence-corrected chi connectivity index (χ1v) is 4.56. The summed E-state index contributed by atoms with van der Waals surface area (Å²) in [6.45, 7) is 5.18. The van der Waals surface area contributed by atoms with Crippen LogP contribution in [0.4, 0.5) is 10.5 Å². The third-order valence-electron chi connectivity index (χ3n) is 1.72. The van der Waals surface area contributed by atoms with Crippen LogP contribution in [-0.2, 0) is 0 Å². The van der Waals surface area contributed by atoms with Crippen molar-refractivity contribution in [3.63, 3.8) is 0 Å². The van der Waals surface area contributed by atoms with E-state index in [0.29, 0.717) is 11.4 Å². The molecule has 0 saturated heterocycles. The number of carboxylic acids is 1. The van der Waals surface area contributed by atoms with E-state index in [0.717, 1.165) is 0 Å². The number of hydrogen-bond acceptors (Lipinski definition) is 2. The monoisotopic (exact) mass is 220 g/mol. The quantitative estimate of drug-likeness (QED) is 0.729. The van der Waals surface area contributed by atoms with Gasteiger partial charge in [0.25, 0.3) is 0 Å². The van der Waals surface area contributed by atoms with Gasteiger partial charge in [0.15, 0.2) is 0 Å². The largest absolute Gasteiger partial charge is 0.478 e. The Kier molecular flexibility index (Phi) is 3.66. The molecular weight excluding hydrogens is 208 g/mol. The van der Waals surface area contributed by atoms with Crippen LogP contribution in [0.25, 0.3) is 0 Å². The summed E-state index contributed by atoms with van der Waals surface area (Å²) in [5, 5.41) is 13.7. The van der Waals surface area contributed by atoms with Crippen molar-refractivity contribution in [3.8, 4) is 0 Å². The highest BCUT2D eigenvalue weighted by molar-refractivity contribution is 5.92. The Morgan fingerprint density at radius 2 is 1.81 bits per heavy atom. The lowest BCUT2D eigenvalue weighted by atomic mass is 10.2. The maximum Gasteiger partial charge on any atom is 0.335 e. The Hall–Kier alpha value is -2.30. The van der Waals surface area contributed by atoms with Crippen LogP contribution in [0.15, 0.2) is 36.5 Å². The zero-order chi connectivity index (χ0) is 12.1. The number of amides is 2. The Balaban J connectivity index is 2.65. The van der Waals surface area contributed by atoms with Gasteiger partial charge in [-0.25, -0.2) is 9.59 Å². The van der Waals surface area contributed by atoms with Gasteiger partial charge in [0.2, 0.25) is 0 Å². The normalized spacial score (nSPS) is 9.31. The third kappa shape index (κ3) is 3.45. The highest BCUT2D eigenvalue weighted by Gasteiger charge is 2.03. The van der Waals surface area contributed by atoms with Gasteiger partial charge in [-0.3, -0.25) is 0 Å². The summed E-state index contributed by atoms with van der Waals surface area (Å²) < 4.78 is 0. The summed E-state index contributed by atoms with van der Waals surface area (Å²) in [7, 11) is 0. The predicted octanol–water partition coefficient (Wildman–Crippen LogP) is 2.04. The van der Waals surface area contributed by atoms with Crippen molar-refractivity contribution in [3.05, 3.63) is 42.1 Å². The van der Waals surface area contributed by atoms with Gasteiger partial charge < -0.3 is 15.7 Å². The Bertz CT molecular complexity index is 423.